The van der Waals surface area contributed by atoms with Crippen molar-refractivity contribution >= 4 is 17.7 Å². The van der Waals surface area contributed by atoms with Gasteiger partial charge in [-0.05, 0) is 24.6 Å². The first kappa shape index (κ1) is 15.2. The number of hydrogen-bond donors (Lipinski definition) is 1. The average molecular weight is 308 g/mol. The van der Waals surface area contributed by atoms with Gasteiger partial charge in [-0.2, -0.15) is 0 Å². The van der Waals surface area contributed by atoms with Crippen LogP contribution in [0.3, 0.4) is 0 Å². The van der Waals surface area contributed by atoms with Gasteiger partial charge in [0.25, 0.3) is 5.56 Å². The summed E-state index contributed by atoms with van der Waals surface area (Å²) in [7, 11) is 0. The largest absolute Gasteiger partial charge is 0.478 e. The zero-order chi connectivity index (χ0) is 15.4. The van der Waals surface area contributed by atoms with Crippen molar-refractivity contribution in [3.63, 3.8) is 0 Å². The molecule has 0 saturated carbocycles. The summed E-state index contributed by atoms with van der Waals surface area (Å²) in [5, 5.41) is 9.12. The molecule has 0 atom stereocenters. The van der Waals surface area contributed by atoms with E-state index < -0.39 is 17.3 Å². The lowest BCUT2D eigenvalue weighted by Crippen LogP contribution is -2.21. The maximum absolute atomic E-state index is 13.3. The number of benzene rings is 1. The molecule has 0 saturated heterocycles. The Labute approximate surface area is 124 Å². The molecule has 2 aromatic rings. The van der Waals surface area contributed by atoms with E-state index >= 15 is 0 Å². The van der Waals surface area contributed by atoms with Crippen molar-refractivity contribution in [1.82, 2.24) is 9.55 Å². The molecule has 0 spiro atoms. The van der Waals surface area contributed by atoms with Crippen LogP contribution in [-0.2, 0) is 6.54 Å². The van der Waals surface area contributed by atoms with E-state index in [1.54, 1.807) is 6.20 Å². The number of nitrogens with zero attached hydrogens (tertiary/aromatic N) is 2. The predicted molar refractivity (Wildman–Crippen MR) is 76.3 cm³/mol. The molecule has 21 heavy (non-hydrogen) atoms. The van der Waals surface area contributed by atoms with Gasteiger partial charge in [-0.3, -0.25) is 4.79 Å². The fraction of sp³-hybridized carbons (Fsp3) is 0.214. The van der Waals surface area contributed by atoms with Gasteiger partial charge in [0.15, 0.2) is 5.03 Å². The topological polar surface area (TPSA) is 72.2 Å². The molecule has 0 aliphatic rings. The fourth-order valence-corrected chi connectivity index (χ4v) is 2.61. The summed E-state index contributed by atoms with van der Waals surface area (Å²) in [6.45, 7) is 2.54. The van der Waals surface area contributed by atoms with Crippen molar-refractivity contribution < 1.29 is 14.3 Å². The SMILES string of the molecule is CCCn1ccnc(Sc2ccc(F)c(C(=O)O)c2)c1=O. The minimum atomic E-state index is -1.35. The molecule has 1 N–H and O–H groups in total. The molecule has 1 aromatic carbocycles. The number of rotatable bonds is 5. The molecule has 1 aromatic heterocycles. The van der Waals surface area contributed by atoms with Crippen molar-refractivity contribution in [2.75, 3.05) is 0 Å². The van der Waals surface area contributed by atoms with Crippen LogP contribution < -0.4 is 5.56 Å². The van der Waals surface area contributed by atoms with Crippen molar-refractivity contribution in [1.29, 1.82) is 0 Å². The summed E-state index contributed by atoms with van der Waals surface area (Å²) in [4.78, 5) is 27.5. The summed E-state index contributed by atoms with van der Waals surface area (Å²) < 4.78 is 14.9. The van der Waals surface area contributed by atoms with Crippen LogP contribution in [-0.4, -0.2) is 20.6 Å². The maximum atomic E-state index is 13.3. The second-order valence-electron chi connectivity index (χ2n) is 4.28. The van der Waals surface area contributed by atoms with Crippen molar-refractivity contribution in [2.45, 2.75) is 29.8 Å². The first-order chi connectivity index (χ1) is 10.0. The van der Waals surface area contributed by atoms with Gasteiger partial charge >= 0.3 is 5.97 Å². The lowest BCUT2D eigenvalue weighted by molar-refractivity contribution is 0.0691. The Morgan fingerprint density at radius 2 is 2.24 bits per heavy atom. The quantitative estimate of drug-likeness (QED) is 0.919. The second kappa shape index (κ2) is 6.53. The molecule has 0 amide bonds. The second-order valence-corrected chi connectivity index (χ2v) is 5.34. The van der Waals surface area contributed by atoms with Gasteiger partial charge in [-0.15, -0.1) is 0 Å². The minimum Gasteiger partial charge on any atom is -0.478 e. The Kier molecular flexibility index (Phi) is 4.74. The number of carboxylic acid groups (broad SMARTS) is 1. The third-order valence-electron chi connectivity index (χ3n) is 2.73. The minimum absolute atomic E-state index is 0.230. The number of hydrogen-bond acceptors (Lipinski definition) is 4. The molecular weight excluding hydrogens is 295 g/mol. The first-order valence-electron chi connectivity index (χ1n) is 6.29. The molecule has 2 rings (SSSR count). The van der Waals surface area contributed by atoms with Gasteiger partial charge in [0.2, 0.25) is 0 Å². The normalized spacial score (nSPS) is 10.6. The molecule has 0 fully saturated rings. The molecule has 0 radical (unpaired) electrons. The van der Waals surface area contributed by atoms with Gasteiger partial charge in [-0.25, -0.2) is 14.2 Å². The van der Waals surface area contributed by atoms with Gasteiger partial charge in [0.05, 0.1) is 5.56 Å². The van der Waals surface area contributed by atoms with Crippen LogP contribution in [0.5, 0.6) is 0 Å². The van der Waals surface area contributed by atoms with Crippen LogP contribution in [0, 0.1) is 5.82 Å². The highest BCUT2D eigenvalue weighted by Crippen LogP contribution is 2.25. The first-order valence-corrected chi connectivity index (χ1v) is 7.10. The van der Waals surface area contributed by atoms with E-state index in [1.165, 1.54) is 22.9 Å². The fourth-order valence-electron chi connectivity index (χ4n) is 1.76. The summed E-state index contributed by atoms with van der Waals surface area (Å²) in [5.74, 6) is -2.16. The lowest BCUT2D eigenvalue weighted by Gasteiger charge is -2.06. The van der Waals surface area contributed by atoms with Crippen LogP contribution in [0.15, 0.2) is 45.3 Å². The number of carboxylic acids is 1. The van der Waals surface area contributed by atoms with Gasteiger partial charge in [-0.1, -0.05) is 18.7 Å². The number of aromatic nitrogens is 2. The van der Waals surface area contributed by atoms with Crippen molar-refractivity contribution in [3.8, 4) is 0 Å². The highest BCUT2D eigenvalue weighted by Gasteiger charge is 2.13. The molecule has 1 heterocycles. The third kappa shape index (κ3) is 3.49. The standard InChI is InChI=1S/C14H13FN2O3S/c1-2-6-17-7-5-16-12(13(17)18)21-9-3-4-11(15)10(8-9)14(19)20/h3-5,7-8H,2,6H2,1H3,(H,19,20). The monoisotopic (exact) mass is 308 g/mol. The van der Waals surface area contributed by atoms with E-state index in [4.69, 9.17) is 5.11 Å². The smallest absolute Gasteiger partial charge is 0.338 e. The van der Waals surface area contributed by atoms with Gasteiger partial charge in [0, 0.05) is 23.8 Å². The van der Waals surface area contributed by atoms with E-state index in [1.807, 2.05) is 6.92 Å². The van der Waals surface area contributed by atoms with E-state index in [9.17, 15) is 14.0 Å². The highest BCUT2D eigenvalue weighted by atomic mass is 32.2. The number of halogens is 1. The Balaban J connectivity index is 2.35. The van der Waals surface area contributed by atoms with Gasteiger partial charge in [0.1, 0.15) is 5.82 Å². The van der Waals surface area contributed by atoms with Crippen LogP contribution in [0.25, 0.3) is 0 Å². The van der Waals surface area contributed by atoms with Crippen LogP contribution in [0.1, 0.15) is 23.7 Å². The molecular formula is C14H13FN2O3S. The third-order valence-corrected chi connectivity index (χ3v) is 3.69. The molecule has 7 heteroatoms. The zero-order valence-corrected chi connectivity index (χ0v) is 12.1. The predicted octanol–water partition coefficient (Wildman–Crippen LogP) is 2.64. The number of aromatic carboxylic acids is 1. The van der Waals surface area contributed by atoms with Crippen molar-refractivity contribution in [2.24, 2.45) is 0 Å². The number of carbonyl (C=O) groups is 1. The van der Waals surface area contributed by atoms with Crippen LogP contribution >= 0.6 is 11.8 Å². The highest BCUT2D eigenvalue weighted by molar-refractivity contribution is 7.99. The van der Waals surface area contributed by atoms with E-state index in [2.05, 4.69) is 4.98 Å². The molecule has 0 aliphatic carbocycles. The molecule has 5 nitrogen and oxygen atoms in total. The summed E-state index contributed by atoms with van der Waals surface area (Å²) in [6, 6.07) is 3.69. The van der Waals surface area contributed by atoms with Gasteiger partial charge < -0.3 is 9.67 Å². The molecule has 0 unspecified atom stereocenters. The summed E-state index contributed by atoms with van der Waals surface area (Å²) >= 11 is 1.02. The Morgan fingerprint density at radius 3 is 2.90 bits per heavy atom. The summed E-state index contributed by atoms with van der Waals surface area (Å²) in [6.07, 6.45) is 3.93. The number of aryl methyl sites for hydroxylation is 1. The van der Waals surface area contributed by atoms with Crippen LogP contribution in [0.4, 0.5) is 4.39 Å². The molecule has 0 bridgehead atoms. The van der Waals surface area contributed by atoms with Crippen LogP contribution in [0.2, 0.25) is 0 Å². The van der Waals surface area contributed by atoms with E-state index in [0.717, 1.165) is 24.2 Å². The van der Waals surface area contributed by atoms with E-state index in [0.29, 0.717) is 11.4 Å². The van der Waals surface area contributed by atoms with Crippen molar-refractivity contribution in [3.05, 3.63) is 52.3 Å². The maximum Gasteiger partial charge on any atom is 0.338 e. The Morgan fingerprint density at radius 1 is 1.48 bits per heavy atom. The zero-order valence-electron chi connectivity index (χ0n) is 11.2. The summed E-state index contributed by atoms with van der Waals surface area (Å²) in [5.41, 5.74) is -0.671. The lowest BCUT2D eigenvalue weighted by atomic mass is 10.2. The average Bonchev–Trinajstić information content (AvgIpc) is 2.45. The molecule has 0 aliphatic heterocycles. The molecule has 110 valence electrons. The Bertz CT molecular complexity index is 730. The Hall–Kier alpha value is -2.15. The van der Waals surface area contributed by atoms with E-state index in [-0.39, 0.29) is 10.6 Å².